The summed E-state index contributed by atoms with van der Waals surface area (Å²) in [6.45, 7) is 0.340. The monoisotopic (exact) mass is 493 g/mol. The molecule has 0 radical (unpaired) electrons. The number of amides is 1. The molecule has 1 aromatic heterocycles. The van der Waals surface area contributed by atoms with Crippen LogP contribution in [0.1, 0.15) is 11.1 Å². The van der Waals surface area contributed by atoms with Gasteiger partial charge in [-0.2, -0.15) is 5.10 Å². The van der Waals surface area contributed by atoms with Gasteiger partial charge in [0.05, 0.1) is 17.7 Å². The van der Waals surface area contributed by atoms with Crippen LogP contribution in [0.4, 0.5) is 0 Å². The summed E-state index contributed by atoms with van der Waals surface area (Å²) in [4.78, 5) is 16.8. The fourth-order valence-corrected chi connectivity index (χ4v) is 4.71. The SMILES string of the molecule is O=C(CSc1nc(-c2ccccc2)cs1)N/N=C/c1ccccc1OCc1ccccc1Cl. The minimum Gasteiger partial charge on any atom is -0.488 e. The third-order valence-corrected chi connectivity index (χ3v) is 6.92. The number of carbonyl (C=O) groups excluding carboxylic acids is 1. The van der Waals surface area contributed by atoms with Crippen molar-refractivity contribution in [3.05, 3.63) is 100 Å². The molecule has 0 aliphatic carbocycles. The summed E-state index contributed by atoms with van der Waals surface area (Å²) in [5, 5.41) is 6.73. The molecule has 1 heterocycles. The van der Waals surface area contributed by atoms with Crippen molar-refractivity contribution in [2.75, 3.05) is 5.75 Å². The van der Waals surface area contributed by atoms with E-state index in [1.54, 1.807) is 6.21 Å². The van der Waals surface area contributed by atoms with Gasteiger partial charge in [0, 0.05) is 27.1 Å². The van der Waals surface area contributed by atoms with Gasteiger partial charge in [0.15, 0.2) is 4.34 Å². The molecule has 0 unspecified atom stereocenters. The van der Waals surface area contributed by atoms with Gasteiger partial charge in [0.2, 0.25) is 0 Å². The van der Waals surface area contributed by atoms with Crippen molar-refractivity contribution in [3.8, 4) is 17.0 Å². The van der Waals surface area contributed by atoms with Crippen LogP contribution in [0.2, 0.25) is 5.02 Å². The van der Waals surface area contributed by atoms with E-state index >= 15 is 0 Å². The van der Waals surface area contributed by atoms with Crippen LogP contribution in [-0.4, -0.2) is 22.9 Å². The van der Waals surface area contributed by atoms with E-state index in [0.717, 1.165) is 26.7 Å². The lowest BCUT2D eigenvalue weighted by atomic mass is 10.2. The van der Waals surface area contributed by atoms with Gasteiger partial charge >= 0.3 is 0 Å². The molecule has 1 N–H and O–H groups in total. The molecule has 0 fully saturated rings. The molecule has 8 heteroatoms. The number of hydrazone groups is 1. The molecular weight excluding hydrogens is 474 g/mol. The third-order valence-electron chi connectivity index (χ3n) is 4.53. The first kappa shape index (κ1) is 23.0. The number of nitrogens with one attached hydrogen (secondary N) is 1. The number of benzene rings is 3. The van der Waals surface area contributed by atoms with Crippen molar-refractivity contribution < 1.29 is 9.53 Å². The number of rotatable bonds is 9. The number of carbonyl (C=O) groups is 1. The minimum absolute atomic E-state index is 0.206. The molecule has 4 aromatic rings. The molecule has 4 rings (SSSR count). The normalized spacial score (nSPS) is 10.9. The van der Waals surface area contributed by atoms with Gasteiger partial charge in [-0.25, -0.2) is 10.4 Å². The van der Waals surface area contributed by atoms with E-state index in [0.29, 0.717) is 17.4 Å². The third kappa shape index (κ3) is 6.68. The highest BCUT2D eigenvalue weighted by molar-refractivity contribution is 8.01. The van der Waals surface area contributed by atoms with Gasteiger partial charge in [-0.3, -0.25) is 4.79 Å². The fourth-order valence-electron chi connectivity index (χ4n) is 2.89. The molecule has 0 atom stereocenters. The van der Waals surface area contributed by atoms with Crippen LogP contribution in [0.15, 0.2) is 93.7 Å². The summed E-state index contributed by atoms with van der Waals surface area (Å²) in [5.41, 5.74) is 6.18. The van der Waals surface area contributed by atoms with E-state index in [4.69, 9.17) is 16.3 Å². The van der Waals surface area contributed by atoms with E-state index in [9.17, 15) is 4.79 Å². The maximum absolute atomic E-state index is 12.2. The van der Waals surface area contributed by atoms with Gasteiger partial charge in [0.25, 0.3) is 5.91 Å². The Hall–Kier alpha value is -3.13. The lowest BCUT2D eigenvalue weighted by molar-refractivity contribution is -0.118. The second-order valence-electron chi connectivity index (χ2n) is 6.86. The van der Waals surface area contributed by atoms with E-state index in [2.05, 4.69) is 15.5 Å². The van der Waals surface area contributed by atoms with Crippen LogP contribution in [0.3, 0.4) is 0 Å². The maximum atomic E-state index is 12.2. The number of halogens is 1. The average molecular weight is 494 g/mol. The summed E-state index contributed by atoms with van der Waals surface area (Å²) in [7, 11) is 0. The molecule has 33 heavy (non-hydrogen) atoms. The smallest absolute Gasteiger partial charge is 0.250 e. The van der Waals surface area contributed by atoms with E-state index in [-0.39, 0.29) is 11.7 Å². The second kappa shape index (κ2) is 11.7. The molecule has 1 amide bonds. The van der Waals surface area contributed by atoms with Crippen LogP contribution in [0, 0.1) is 0 Å². The highest BCUT2D eigenvalue weighted by atomic mass is 35.5. The van der Waals surface area contributed by atoms with Crippen molar-refractivity contribution in [2.24, 2.45) is 5.10 Å². The Kier molecular flexibility index (Phi) is 8.14. The van der Waals surface area contributed by atoms with Crippen LogP contribution in [0.5, 0.6) is 5.75 Å². The molecule has 0 bridgehead atoms. The predicted molar refractivity (Wildman–Crippen MR) is 136 cm³/mol. The molecule has 0 aliphatic heterocycles. The highest BCUT2D eigenvalue weighted by Gasteiger charge is 2.08. The van der Waals surface area contributed by atoms with Gasteiger partial charge in [0.1, 0.15) is 12.4 Å². The molecule has 0 saturated heterocycles. The van der Waals surface area contributed by atoms with E-state index < -0.39 is 0 Å². The van der Waals surface area contributed by atoms with Crippen molar-refractivity contribution in [1.82, 2.24) is 10.4 Å². The Bertz CT molecular complexity index is 1250. The van der Waals surface area contributed by atoms with Gasteiger partial charge in [-0.1, -0.05) is 84.0 Å². The molecule has 0 spiro atoms. The average Bonchev–Trinajstić information content (AvgIpc) is 3.33. The van der Waals surface area contributed by atoms with Gasteiger partial charge in [-0.15, -0.1) is 11.3 Å². The zero-order valence-electron chi connectivity index (χ0n) is 17.5. The van der Waals surface area contributed by atoms with Gasteiger partial charge < -0.3 is 4.74 Å². The number of aromatic nitrogens is 1. The first-order valence-electron chi connectivity index (χ1n) is 10.1. The van der Waals surface area contributed by atoms with Crippen molar-refractivity contribution in [2.45, 2.75) is 10.9 Å². The lowest BCUT2D eigenvalue weighted by Crippen LogP contribution is -2.19. The summed E-state index contributed by atoms with van der Waals surface area (Å²) < 4.78 is 6.75. The van der Waals surface area contributed by atoms with Crippen molar-refractivity contribution in [3.63, 3.8) is 0 Å². The first-order chi connectivity index (χ1) is 16.2. The Balaban J connectivity index is 1.28. The topological polar surface area (TPSA) is 63.6 Å². The zero-order chi connectivity index (χ0) is 22.9. The number of hydrogen-bond donors (Lipinski definition) is 1. The van der Waals surface area contributed by atoms with Crippen LogP contribution < -0.4 is 10.2 Å². The fraction of sp³-hybridized carbons (Fsp3) is 0.0800. The Labute approximate surface area is 205 Å². The Morgan fingerprint density at radius 1 is 1.06 bits per heavy atom. The maximum Gasteiger partial charge on any atom is 0.250 e. The van der Waals surface area contributed by atoms with Crippen LogP contribution in [0.25, 0.3) is 11.3 Å². The quantitative estimate of drug-likeness (QED) is 0.169. The molecule has 5 nitrogen and oxygen atoms in total. The molecule has 0 saturated carbocycles. The molecule has 166 valence electrons. The van der Waals surface area contributed by atoms with E-state index in [1.165, 1.54) is 23.1 Å². The summed E-state index contributed by atoms with van der Waals surface area (Å²) >= 11 is 9.10. The van der Waals surface area contributed by atoms with Crippen LogP contribution >= 0.6 is 34.7 Å². The summed E-state index contributed by atoms with van der Waals surface area (Å²) in [5.74, 6) is 0.673. The van der Waals surface area contributed by atoms with Gasteiger partial charge in [-0.05, 0) is 18.2 Å². The predicted octanol–water partition coefficient (Wildman–Crippen LogP) is 6.28. The lowest BCUT2D eigenvalue weighted by Gasteiger charge is -2.10. The summed E-state index contributed by atoms with van der Waals surface area (Å²) in [6.07, 6.45) is 1.57. The van der Waals surface area contributed by atoms with Crippen molar-refractivity contribution in [1.29, 1.82) is 0 Å². The molecule has 0 aliphatic rings. The number of hydrogen-bond acceptors (Lipinski definition) is 6. The Morgan fingerprint density at radius 2 is 1.82 bits per heavy atom. The number of ether oxygens (including phenoxy) is 1. The van der Waals surface area contributed by atoms with Crippen molar-refractivity contribution >= 4 is 46.8 Å². The molecular formula is C25H20ClN3O2S2. The summed E-state index contributed by atoms with van der Waals surface area (Å²) in [6, 6.07) is 25.0. The Morgan fingerprint density at radius 3 is 2.67 bits per heavy atom. The number of para-hydroxylation sites is 1. The largest absolute Gasteiger partial charge is 0.488 e. The first-order valence-corrected chi connectivity index (χ1v) is 12.3. The number of nitrogens with zero attached hydrogens (tertiary/aromatic N) is 2. The second-order valence-corrected chi connectivity index (χ2v) is 9.35. The number of thiazole rings is 1. The molecule has 3 aromatic carbocycles. The van der Waals surface area contributed by atoms with Crippen LogP contribution in [-0.2, 0) is 11.4 Å². The van der Waals surface area contributed by atoms with E-state index in [1.807, 2.05) is 84.2 Å². The number of thioether (sulfide) groups is 1. The standard InChI is InChI=1S/C25H20ClN3O2S2/c26-21-12-6-4-11-20(21)15-31-23-13-7-5-10-19(23)14-27-29-24(30)17-33-25-28-22(16-32-25)18-8-2-1-3-9-18/h1-14,16H,15,17H2,(H,29,30)/b27-14+. The zero-order valence-corrected chi connectivity index (χ0v) is 19.9. The minimum atomic E-state index is -0.206. The highest BCUT2D eigenvalue weighted by Crippen LogP contribution is 2.28.